The zero-order valence-electron chi connectivity index (χ0n) is 20.5. The molecule has 178 valence electrons. The van der Waals surface area contributed by atoms with Crippen LogP contribution in [-0.4, -0.2) is 28.4 Å². The largest absolute Gasteiger partial charge is 0.497 e. The van der Waals surface area contributed by atoms with Gasteiger partial charge in [0, 0.05) is 33.5 Å². The van der Waals surface area contributed by atoms with E-state index >= 15 is 0 Å². The molecule has 5 heteroatoms. The second kappa shape index (κ2) is 8.91. The third-order valence-corrected chi connectivity index (χ3v) is 6.63. The van der Waals surface area contributed by atoms with E-state index in [-0.39, 0.29) is 0 Å². The van der Waals surface area contributed by atoms with Gasteiger partial charge in [-0.25, -0.2) is 0 Å². The van der Waals surface area contributed by atoms with Gasteiger partial charge in [0.25, 0.3) is 0 Å². The predicted molar refractivity (Wildman–Crippen MR) is 138 cm³/mol. The van der Waals surface area contributed by atoms with Crippen LogP contribution in [0.15, 0.2) is 72.8 Å². The first-order valence-corrected chi connectivity index (χ1v) is 11.4. The van der Waals surface area contributed by atoms with Gasteiger partial charge in [0.1, 0.15) is 28.7 Å². The SMILES string of the molecule is COc1ccc(C2(c3ccc(OC)cc3)C=Cc3c(C)cc4c(OC)cc(OC)cc4c3O2)cc1. The van der Waals surface area contributed by atoms with Gasteiger partial charge in [0.15, 0.2) is 5.60 Å². The van der Waals surface area contributed by atoms with Gasteiger partial charge in [-0.2, -0.15) is 0 Å². The average Bonchev–Trinajstić information content (AvgIpc) is 2.92. The summed E-state index contributed by atoms with van der Waals surface area (Å²) in [5, 5.41) is 1.90. The maximum Gasteiger partial charge on any atom is 0.178 e. The van der Waals surface area contributed by atoms with Crippen LogP contribution < -0.4 is 23.7 Å². The molecule has 0 saturated heterocycles. The van der Waals surface area contributed by atoms with Crippen molar-refractivity contribution in [3.63, 3.8) is 0 Å². The van der Waals surface area contributed by atoms with Crippen LogP contribution in [0.4, 0.5) is 0 Å². The molecule has 0 amide bonds. The second-order valence-electron chi connectivity index (χ2n) is 8.49. The molecule has 0 fully saturated rings. The molecule has 0 bridgehead atoms. The molecular weight excluding hydrogens is 440 g/mol. The van der Waals surface area contributed by atoms with Gasteiger partial charge in [0.2, 0.25) is 0 Å². The van der Waals surface area contributed by atoms with Crippen LogP contribution in [-0.2, 0) is 5.60 Å². The van der Waals surface area contributed by atoms with E-state index < -0.39 is 5.60 Å². The molecule has 1 aliphatic rings. The maximum absolute atomic E-state index is 7.05. The number of fused-ring (bicyclic) bond motifs is 3. The molecule has 0 N–H and O–H groups in total. The predicted octanol–water partition coefficient (Wildman–Crippen LogP) is 6.53. The zero-order chi connectivity index (χ0) is 24.6. The molecule has 1 heterocycles. The molecule has 1 aliphatic heterocycles. The minimum Gasteiger partial charge on any atom is -0.497 e. The summed E-state index contributed by atoms with van der Waals surface area (Å²) in [7, 11) is 6.65. The number of methoxy groups -OCH3 is 4. The number of hydrogen-bond donors (Lipinski definition) is 0. The third-order valence-electron chi connectivity index (χ3n) is 6.63. The summed E-state index contributed by atoms with van der Waals surface area (Å²) >= 11 is 0. The van der Waals surface area contributed by atoms with Crippen LogP contribution in [0.3, 0.4) is 0 Å². The standard InChI is InChI=1S/C30H28O5/c1-19-16-26-27(17-24(33-4)18-28(26)34-5)29-25(19)14-15-30(35-29,20-6-10-22(31-2)11-7-20)21-8-12-23(32-3)13-9-21/h6-18H,1-5H3. The Balaban J connectivity index is 1.78. The molecule has 0 unspecified atom stereocenters. The summed E-state index contributed by atoms with van der Waals surface area (Å²) < 4.78 is 29.1. The Morgan fingerprint density at radius 2 is 1.20 bits per heavy atom. The summed E-state index contributed by atoms with van der Waals surface area (Å²) in [6.07, 6.45) is 4.27. The van der Waals surface area contributed by atoms with E-state index in [0.29, 0.717) is 5.75 Å². The highest BCUT2D eigenvalue weighted by Crippen LogP contribution is 2.48. The molecule has 0 atom stereocenters. The number of benzene rings is 4. The lowest BCUT2D eigenvalue weighted by Crippen LogP contribution is -2.34. The monoisotopic (exact) mass is 468 g/mol. The molecular formula is C30H28O5. The Labute approximate surface area is 205 Å². The van der Waals surface area contributed by atoms with Crippen LogP contribution in [0.2, 0.25) is 0 Å². The Kier molecular flexibility index (Phi) is 5.77. The lowest BCUT2D eigenvalue weighted by Gasteiger charge is -2.37. The first-order chi connectivity index (χ1) is 17.0. The molecule has 5 nitrogen and oxygen atoms in total. The van der Waals surface area contributed by atoms with Crippen LogP contribution in [0.1, 0.15) is 22.3 Å². The van der Waals surface area contributed by atoms with E-state index in [4.69, 9.17) is 23.7 Å². The van der Waals surface area contributed by atoms with E-state index in [1.807, 2.05) is 60.7 Å². The fourth-order valence-corrected chi connectivity index (χ4v) is 4.71. The molecule has 0 aromatic heterocycles. The van der Waals surface area contributed by atoms with Crippen LogP contribution in [0, 0.1) is 6.92 Å². The minimum atomic E-state index is -0.859. The van der Waals surface area contributed by atoms with Crippen molar-refractivity contribution in [1.29, 1.82) is 0 Å². The van der Waals surface area contributed by atoms with Crippen molar-refractivity contribution >= 4 is 16.8 Å². The molecule has 35 heavy (non-hydrogen) atoms. The van der Waals surface area contributed by atoms with Crippen LogP contribution in [0.5, 0.6) is 28.7 Å². The number of rotatable bonds is 6. The average molecular weight is 469 g/mol. The Morgan fingerprint density at radius 1 is 0.629 bits per heavy atom. The van der Waals surface area contributed by atoms with E-state index in [1.165, 1.54) is 0 Å². The second-order valence-corrected chi connectivity index (χ2v) is 8.49. The fraction of sp³-hybridized carbons (Fsp3) is 0.200. The van der Waals surface area contributed by atoms with Crippen molar-refractivity contribution in [1.82, 2.24) is 0 Å². The van der Waals surface area contributed by atoms with E-state index in [1.54, 1.807) is 28.4 Å². The van der Waals surface area contributed by atoms with Crippen LogP contribution in [0.25, 0.3) is 16.8 Å². The molecule has 0 spiro atoms. The smallest absolute Gasteiger partial charge is 0.178 e. The van der Waals surface area contributed by atoms with Crippen molar-refractivity contribution in [3.05, 3.63) is 95.1 Å². The Morgan fingerprint density at radius 3 is 1.71 bits per heavy atom. The highest BCUT2D eigenvalue weighted by atomic mass is 16.5. The van der Waals surface area contributed by atoms with Gasteiger partial charge in [-0.05, 0) is 55.0 Å². The lowest BCUT2D eigenvalue weighted by molar-refractivity contribution is 0.163. The van der Waals surface area contributed by atoms with Crippen molar-refractivity contribution in [2.45, 2.75) is 12.5 Å². The van der Waals surface area contributed by atoms with Crippen molar-refractivity contribution in [2.24, 2.45) is 0 Å². The summed E-state index contributed by atoms with van der Waals surface area (Å²) in [4.78, 5) is 0. The van der Waals surface area contributed by atoms with E-state index in [2.05, 4.69) is 25.1 Å². The number of hydrogen-bond acceptors (Lipinski definition) is 5. The minimum absolute atomic E-state index is 0.707. The van der Waals surface area contributed by atoms with Gasteiger partial charge in [-0.3, -0.25) is 0 Å². The first kappa shape index (κ1) is 22.7. The molecule has 0 radical (unpaired) electrons. The zero-order valence-corrected chi connectivity index (χ0v) is 20.5. The van der Waals surface area contributed by atoms with Crippen molar-refractivity contribution < 1.29 is 23.7 Å². The Hall–Kier alpha value is -4.12. The van der Waals surface area contributed by atoms with Crippen LogP contribution >= 0.6 is 0 Å². The summed E-state index contributed by atoms with van der Waals surface area (Å²) in [6.45, 7) is 2.09. The molecule has 5 rings (SSSR count). The van der Waals surface area contributed by atoms with E-state index in [9.17, 15) is 0 Å². The van der Waals surface area contributed by atoms with Gasteiger partial charge >= 0.3 is 0 Å². The summed E-state index contributed by atoms with van der Waals surface area (Å²) in [6, 6.07) is 22.0. The van der Waals surface area contributed by atoms with Gasteiger partial charge < -0.3 is 23.7 Å². The molecule has 4 aromatic carbocycles. The summed E-state index contributed by atoms with van der Waals surface area (Å²) in [5.74, 6) is 3.80. The normalized spacial score (nSPS) is 13.6. The number of aryl methyl sites for hydroxylation is 1. The quantitative estimate of drug-likeness (QED) is 0.322. The van der Waals surface area contributed by atoms with Crippen molar-refractivity contribution in [3.8, 4) is 28.7 Å². The highest BCUT2D eigenvalue weighted by molar-refractivity contribution is 5.98. The molecule has 4 aromatic rings. The third kappa shape index (κ3) is 3.73. The topological polar surface area (TPSA) is 46.2 Å². The van der Waals surface area contributed by atoms with Crippen molar-refractivity contribution in [2.75, 3.05) is 28.4 Å². The highest BCUT2D eigenvalue weighted by Gasteiger charge is 2.38. The van der Waals surface area contributed by atoms with E-state index in [0.717, 1.165) is 56.0 Å². The first-order valence-electron chi connectivity index (χ1n) is 11.4. The fourth-order valence-electron chi connectivity index (χ4n) is 4.71. The number of ether oxygens (including phenoxy) is 5. The van der Waals surface area contributed by atoms with Gasteiger partial charge in [-0.1, -0.05) is 30.3 Å². The van der Waals surface area contributed by atoms with Gasteiger partial charge in [-0.15, -0.1) is 0 Å². The Bertz CT molecular complexity index is 1350. The van der Waals surface area contributed by atoms with Gasteiger partial charge in [0.05, 0.1) is 28.4 Å². The maximum atomic E-state index is 7.05. The molecule has 0 saturated carbocycles. The lowest BCUT2D eigenvalue weighted by atomic mass is 9.82. The molecule has 0 aliphatic carbocycles. The summed E-state index contributed by atoms with van der Waals surface area (Å²) in [5.41, 5.74) is 3.24.